The Balaban J connectivity index is 1.63. The number of rotatable bonds is 5. The Labute approximate surface area is 99.8 Å². The van der Waals surface area contributed by atoms with Gasteiger partial charge in [-0.25, -0.2) is 0 Å². The molecule has 0 saturated heterocycles. The van der Waals surface area contributed by atoms with E-state index < -0.39 is 0 Å². The fraction of sp³-hybridized carbons (Fsp3) is 1.00. The highest BCUT2D eigenvalue weighted by Gasteiger charge is 2.26. The van der Waals surface area contributed by atoms with E-state index in [-0.39, 0.29) is 6.10 Å². The van der Waals surface area contributed by atoms with Crippen LogP contribution in [0.3, 0.4) is 0 Å². The van der Waals surface area contributed by atoms with Crippen LogP contribution in [0, 0.1) is 11.8 Å². The van der Waals surface area contributed by atoms with Crippen molar-refractivity contribution in [3.05, 3.63) is 0 Å². The molecule has 0 aromatic rings. The minimum atomic E-state index is -0.0943. The van der Waals surface area contributed by atoms with Gasteiger partial charge >= 0.3 is 0 Å². The molecule has 2 aliphatic carbocycles. The van der Waals surface area contributed by atoms with Crippen LogP contribution in [0.2, 0.25) is 0 Å². The molecule has 16 heavy (non-hydrogen) atoms. The maximum atomic E-state index is 10.1. The maximum Gasteiger partial charge on any atom is 0.0692 e. The number of aliphatic hydroxyl groups excluding tert-OH is 1. The first-order valence-corrected chi connectivity index (χ1v) is 7.21. The lowest BCUT2D eigenvalue weighted by atomic mass is 10.0. The normalized spacial score (nSPS) is 33.4. The summed E-state index contributed by atoms with van der Waals surface area (Å²) >= 11 is 0. The minimum Gasteiger partial charge on any atom is -0.392 e. The van der Waals surface area contributed by atoms with Crippen LogP contribution in [0.25, 0.3) is 0 Å². The molecule has 0 radical (unpaired) electrons. The van der Waals surface area contributed by atoms with Gasteiger partial charge in [-0.05, 0) is 43.9 Å². The Morgan fingerprint density at radius 1 is 1.19 bits per heavy atom. The molecule has 0 spiro atoms. The number of nitrogens with one attached hydrogen (secondary N) is 1. The molecule has 2 rings (SSSR count). The Bertz CT molecular complexity index is 201. The van der Waals surface area contributed by atoms with Crippen molar-refractivity contribution in [2.24, 2.45) is 11.8 Å². The van der Waals surface area contributed by atoms with Crippen LogP contribution < -0.4 is 5.32 Å². The van der Waals surface area contributed by atoms with Crippen molar-refractivity contribution in [1.29, 1.82) is 0 Å². The number of aliphatic hydroxyl groups is 1. The predicted molar refractivity (Wildman–Crippen MR) is 67.4 cm³/mol. The van der Waals surface area contributed by atoms with Gasteiger partial charge in [0.25, 0.3) is 0 Å². The van der Waals surface area contributed by atoms with Crippen LogP contribution in [0.4, 0.5) is 0 Å². The van der Waals surface area contributed by atoms with Gasteiger partial charge < -0.3 is 10.4 Å². The molecule has 3 atom stereocenters. The average molecular weight is 225 g/mol. The highest BCUT2D eigenvalue weighted by atomic mass is 16.3. The molecule has 0 aromatic heterocycles. The Kier molecular flexibility index (Phi) is 4.66. The van der Waals surface area contributed by atoms with E-state index >= 15 is 0 Å². The van der Waals surface area contributed by atoms with Crippen molar-refractivity contribution in [2.75, 3.05) is 6.54 Å². The van der Waals surface area contributed by atoms with Crippen LogP contribution in [0.15, 0.2) is 0 Å². The van der Waals surface area contributed by atoms with E-state index in [0.29, 0.717) is 12.0 Å². The van der Waals surface area contributed by atoms with Crippen LogP contribution in [0.1, 0.15) is 58.3 Å². The third kappa shape index (κ3) is 3.21. The van der Waals surface area contributed by atoms with E-state index in [9.17, 15) is 5.11 Å². The van der Waals surface area contributed by atoms with E-state index in [1.165, 1.54) is 51.4 Å². The zero-order valence-corrected chi connectivity index (χ0v) is 10.6. The molecular formula is C14H27NO. The standard InChI is InChI=1S/C14H27NO/c1-2-11-7-8-13(9-11)15-10-14(16)12-5-3-4-6-12/h11-16H,2-10H2,1H3. The van der Waals surface area contributed by atoms with Crippen LogP contribution in [-0.4, -0.2) is 23.8 Å². The fourth-order valence-corrected chi connectivity index (χ4v) is 3.43. The van der Waals surface area contributed by atoms with E-state index in [0.717, 1.165) is 12.5 Å². The zero-order chi connectivity index (χ0) is 11.4. The van der Waals surface area contributed by atoms with Crippen LogP contribution in [0.5, 0.6) is 0 Å². The van der Waals surface area contributed by atoms with Crippen LogP contribution in [-0.2, 0) is 0 Å². The third-order valence-corrected chi connectivity index (χ3v) is 4.68. The summed E-state index contributed by atoms with van der Waals surface area (Å²) in [5.74, 6) is 1.51. The highest BCUT2D eigenvalue weighted by Crippen LogP contribution is 2.29. The van der Waals surface area contributed by atoms with Crippen molar-refractivity contribution in [3.8, 4) is 0 Å². The van der Waals surface area contributed by atoms with Crippen LogP contribution >= 0.6 is 0 Å². The van der Waals surface area contributed by atoms with E-state index in [1.807, 2.05) is 0 Å². The second kappa shape index (κ2) is 6.02. The first kappa shape index (κ1) is 12.4. The van der Waals surface area contributed by atoms with Gasteiger partial charge in [-0.2, -0.15) is 0 Å². The first-order valence-electron chi connectivity index (χ1n) is 7.21. The molecule has 0 bridgehead atoms. The Morgan fingerprint density at radius 3 is 2.56 bits per heavy atom. The van der Waals surface area contributed by atoms with Gasteiger partial charge in [0.2, 0.25) is 0 Å². The van der Waals surface area contributed by atoms with Crippen molar-refractivity contribution in [3.63, 3.8) is 0 Å². The number of hydrogen-bond donors (Lipinski definition) is 2. The topological polar surface area (TPSA) is 32.3 Å². The summed E-state index contributed by atoms with van der Waals surface area (Å²) in [5.41, 5.74) is 0. The molecule has 2 fully saturated rings. The monoisotopic (exact) mass is 225 g/mol. The quantitative estimate of drug-likeness (QED) is 0.754. The van der Waals surface area contributed by atoms with Crippen molar-refractivity contribution in [1.82, 2.24) is 5.32 Å². The molecule has 3 unspecified atom stereocenters. The molecule has 0 aliphatic heterocycles. The summed E-state index contributed by atoms with van der Waals surface area (Å²) in [4.78, 5) is 0. The molecule has 0 aromatic carbocycles. The fourth-order valence-electron chi connectivity index (χ4n) is 3.43. The van der Waals surface area contributed by atoms with Gasteiger partial charge in [0.1, 0.15) is 0 Å². The SMILES string of the molecule is CCC1CCC(NCC(O)C2CCCC2)C1. The van der Waals surface area contributed by atoms with Gasteiger partial charge in [-0.15, -0.1) is 0 Å². The summed E-state index contributed by atoms with van der Waals surface area (Å²) in [6.07, 6.45) is 10.4. The molecular weight excluding hydrogens is 198 g/mol. The van der Waals surface area contributed by atoms with Crippen molar-refractivity contribution < 1.29 is 5.11 Å². The lowest BCUT2D eigenvalue weighted by Gasteiger charge is -2.21. The first-order chi connectivity index (χ1) is 7.79. The molecule has 2 aliphatic rings. The maximum absolute atomic E-state index is 10.1. The van der Waals surface area contributed by atoms with Gasteiger partial charge in [0, 0.05) is 12.6 Å². The second-order valence-corrected chi connectivity index (χ2v) is 5.80. The highest BCUT2D eigenvalue weighted by molar-refractivity contribution is 4.82. The molecule has 0 heterocycles. The molecule has 94 valence electrons. The molecule has 2 N–H and O–H groups in total. The predicted octanol–water partition coefficient (Wildman–Crippen LogP) is 2.71. The molecule has 2 nitrogen and oxygen atoms in total. The summed E-state index contributed by atoms with van der Waals surface area (Å²) in [5, 5.41) is 13.6. The summed E-state index contributed by atoms with van der Waals surface area (Å²) in [6.45, 7) is 3.12. The van der Waals surface area contributed by atoms with Crippen molar-refractivity contribution >= 4 is 0 Å². The summed E-state index contributed by atoms with van der Waals surface area (Å²) < 4.78 is 0. The number of hydrogen-bond acceptors (Lipinski definition) is 2. The molecule has 2 saturated carbocycles. The summed E-state index contributed by atoms with van der Waals surface area (Å²) in [6, 6.07) is 0.681. The largest absolute Gasteiger partial charge is 0.392 e. The van der Waals surface area contributed by atoms with E-state index in [4.69, 9.17) is 0 Å². The Morgan fingerprint density at radius 2 is 1.94 bits per heavy atom. The Hall–Kier alpha value is -0.0800. The van der Waals surface area contributed by atoms with Gasteiger partial charge in [-0.3, -0.25) is 0 Å². The lowest BCUT2D eigenvalue weighted by Crippen LogP contribution is -2.37. The molecule has 2 heteroatoms. The lowest BCUT2D eigenvalue weighted by molar-refractivity contribution is 0.106. The summed E-state index contributed by atoms with van der Waals surface area (Å²) in [7, 11) is 0. The average Bonchev–Trinajstić information content (AvgIpc) is 2.96. The minimum absolute atomic E-state index is 0.0943. The smallest absolute Gasteiger partial charge is 0.0692 e. The van der Waals surface area contributed by atoms with E-state index in [1.54, 1.807) is 0 Å². The van der Waals surface area contributed by atoms with Gasteiger partial charge in [0.15, 0.2) is 0 Å². The second-order valence-electron chi connectivity index (χ2n) is 5.80. The van der Waals surface area contributed by atoms with Gasteiger partial charge in [-0.1, -0.05) is 26.2 Å². The van der Waals surface area contributed by atoms with Crippen molar-refractivity contribution in [2.45, 2.75) is 70.4 Å². The van der Waals surface area contributed by atoms with E-state index in [2.05, 4.69) is 12.2 Å². The molecule has 0 amide bonds. The zero-order valence-electron chi connectivity index (χ0n) is 10.6. The van der Waals surface area contributed by atoms with Gasteiger partial charge in [0.05, 0.1) is 6.10 Å². The third-order valence-electron chi connectivity index (χ3n) is 4.68.